The Labute approximate surface area is 103 Å². The van der Waals surface area contributed by atoms with Crippen molar-refractivity contribution in [2.24, 2.45) is 5.92 Å². The SMILES string of the molecule is CCOC(=O)C1CCN(CCSCC)CC1. The van der Waals surface area contributed by atoms with E-state index in [4.69, 9.17) is 4.74 Å². The number of esters is 1. The molecule has 0 aromatic rings. The summed E-state index contributed by atoms with van der Waals surface area (Å²) in [7, 11) is 0. The number of carbonyl (C=O) groups excluding carboxylic acids is 1. The zero-order valence-electron chi connectivity index (χ0n) is 10.4. The molecule has 1 heterocycles. The minimum absolute atomic E-state index is 0.00471. The summed E-state index contributed by atoms with van der Waals surface area (Å²) >= 11 is 1.98. The lowest BCUT2D eigenvalue weighted by Crippen LogP contribution is -2.38. The molecule has 0 spiro atoms. The van der Waals surface area contributed by atoms with Gasteiger partial charge in [-0.05, 0) is 38.6 Å². The van der Waals surface area contributed by atoms with E-state index in [0.717, 1.165) is 32.5 Å². The maximum absolute atomic E-state index is 11.5. The van der Waals surface area contributed by atoms with Gasteiger partial charge in [-0.1, -0.05) is 6.92 Å². The maximum Gasteiger partial charge on any atom is 0.309 e. The van der Waals surface area contributed by atoms with Crippen molar-refractivity contribution >= 4 is 17.7 Å². The molecule has 1 saturated heterocycles. The summed E-state index contributed by atoms with van der Waals surface area (Å²) in [6.07, 6.45) is 1.94. The first-order valence-electron chi connectivity index (χ1n) is 6.24. The van der Waals surface area contributed by atoms with Crippen LogP contribution in [0.25, 0.3) is 0 Å². The second-order valence-electron chi connectivity index (χ2n) is 4.06. The van der Waals surface area contributed by atoms with Crippen LogP contribution in [0, 0.1) is 5.92 Å². The van der Waals surface area contributed by atoms with Crippen molar-refractivity contribution < 1.29 is 9.53 Å². The van der Waals surface area contributed by atoms with Crippen molar-refractivity contribution in [3.05, 3.63) is 0 Å². The second kappa shape index (κ2) is 7.96. The second-order valence-corrected chi connectivity index (χ2v) is 5.46. The molecule has 1 rings (SSSR count). The molecule has 1 aliphatic heterocycles. The van der Waals surface area contributed by atoms with Crippen molar-refractivity contribution in [2.75, 3.05) is 37.7 Å². The third kappa shape index (κ3) is 4.74. The Morgan fingerprint density at radius 3 is 2.62 bits per heavy atom. The number of hydrogen-bond donors (Lipinski definition) is 0. The molecule has 0 atom stereocenters. The van der Waals surface area contributed by atoms with Crippen molar-refractivity contribution in [1.29, 1.82) is 0 Å². The molecule has 4 heteroatoms. The van der Waals surface area contributed by atoms with E-state index in [1.807, 2.05) is 18.7 Å². The number of nitrogens with zero attached hydrogens (tertiary/aromatic N) is 1. The number of carbonyl (C=O) groups is 1. The van der Waals surface area contributed by atoms with E-state index >= 15 is 0 Å². The minimum atomic E-state index is 0.00471. The monoisotopic (exact) mass is 245 g/mol. The van der Waals surface area contributed by atoms with Gasteiger partial charge in [0, 0.05) is 12.3 Å². The molecule has 0 aromatic heterocycles. The van der Waals surface area contributed by atoms with Crippen LogP contribution in [0.4, 0.5) is 0 Å². The summed E-state index contributed by atoms with van der Waals surface area (Å²) in [5.74, 6) is 2.56. The highest BCUT2D eigenvalue weighted by Gasteiger charge is 2.25. The van der Waals surface area contributed by atoms with Crippen molar-refractivity contribution in [1.82, 2.24) is 4.90 Å². The first kappa shape index (κ1) is 13.8. The van der Waals surface area contributed by atoms with Gasteiger partial charge in [0.1, 0.15) is 0 Å². The van der Waals surface area contributed by atoms with Crippen LogP contribution in [-0.4, -0.2) is 48.6 Å². The van der Waals surface area contributed by atoms with Gasteiger partial charge in [0.15, 0.2) is 0 Å². The summed E-state index contributed by atoms with van der Waals surface area (Å²) < 4.78 is 5.05. The Hall–Kier alpha value is -0.220. The Bertz CT molecular complexity index is 203. The summed E-state index contributed by atoms with van der Waals surface area (Å²) in [4.78, 5) is 14.0. The average molecular weight is 245 g/mol. The van der Waals surface area contributed by atoms with E-state index in [2.05, 4.69) is 11.8 Å². The predicted octanol–water partition coefficient (Wildman–Crippen LogP) is 2.01. The molecule has 94 valence electrons. The molecule has 1 fully saturated rings. The first-order valence-corrected chi connectivity index (χ1v) is 7.40. The standard InChI is InChI=1S/C12H23NO2S/c1-3-15-12(14)11-5-7-13(8-6-11)9-10-16-4-2/h11H,3-10H2,1-2H3. The molecular formula is C12H23NO2S. The lowest BCUT2D eigenvalue weighted by Gasteiger charge is -2.30. The zero-order chi connectivity index (χ0) is 11.8. The van der Waals surface area contributed by atoms with Gasteiger partial charge in [0.05, 0.1) is 12.5 Å². The minimum Gasteiger partial charge on any atom is -0.466 e. The summed E-state index contributed by atoms with van der Waals surface area (Å²) in [6, 6.07) is 0. The molecular weight excluding hydrogens is 222 g/mol. The van der Waals surface area contributed by atoms with E-state index in [0.29, 0.717) is 6.61 Å². The molecule has 0 bridgehead atoms. The smallest absolute Gasteiger partial charge is 0.309 e. The van der Waals surface area contributed by atoms with Gasteiger partial charge < -0.3 is 9.64 Å². The summed E-state index contributed by atoms with van der Waals surface area (Å²) in [6.45, 7) is 7.83. The Balaban J connectivity index is 2.15. The molecule has 0 aromatic carbocycles. The fourth-order valence-corrected chi connectivity index (χ4v) is 2.67. The highest BCUT2D eigenvalue weighted by molar-refractivity contribution is 7.99. The third-order valence-electron chi connectivity index (χ3n) is 2.96. The number of ether oxygens (including phenoxy) is 1. The molecule has 3 nitrogen and oxygen atoms in total. The van der Waals surface area contributed by atoms with E-state index in [1.54, 1.807) is 0 Å². The van der Waals surface area contributed by atoms with Gasteiger partial charge in [-0.15, -0.1) is 0 Å². The Kier molecular flexibility index (Phi) is 6.88. The van der Waals surface area contributed by atoms with E-state index in [1.165, 1.54) is 11.5 Å². The third-order valence-corrected chi connectivity index (χ3v) is 3.84. The Morgan fingerprint density at radius 2 is 2.06 bits per heavy atom. The fraction of sp³-hybridized carbons (Fsp3) is 0.917. The largest absolute Gasteiger partial charge is 0.466 e. The number of thioether (sulfide) groups is 1. The normalized spacial score (nSPS) is 18.6. The van der Waals surface area contributed by atoms with Crippen LogP contribution in [0.2, 0.25) is 0 Å². The van der Waals surface area contributed by atoms with Crippen molar-refractivity contribution in [2.45, 2.75) is 26.7 Å². The lowest BCUT2D eigenvalue weighted by molar-refractivity contribution is -0.149. The van der Waals surface area contributed by atoms with Gasteiger partial charge in [0.2, 0.25) is 0 Å². The number of rotatable bonds is 6. The van der Waals surface area contributed by atoms with E-state index in [-0.39, 0.29) is 11.9 Å². The van der Waals surface area contributed by atoms with E-state index in [9.17, 15) is 4.79 Å². The molecule has 0 amide bonds. The van der Waals surface area contributed by atoms with Crippen LogP contribution in [0.15, 0.2) is 0 Å². The number of likely N-dealkylation sites (tertiary alicyclic amines) is 1. The van der Waals surface area contributed by atoms with Crippen LogP contribution in [0.3, 0.4) is 0 Å². The van der Waals surface area contributed by atoms with Gasteiger partial charge >= 0.3 is 5.97 Å². The number of hydrogen-bond acceptors (Lipinski definition) is 4. The molecule has 0 radical (unpaired) electrons. The van der Waals surface area contributed by atoms with Gasteiger partial charge in [0.25, 0.3) is 0 Å². The highest BCUT2D eigenvalue weighted by atomic mass is 32.2. The first-order chi connectivity index (χ1) is 7.77. The fourth-order valence-electron chi connectivity index (χ4n) is 1.99. The average Bonchev–Trinajstić information content (AvgIpc) is 2.30. The van der Waals surface area contributed by atoms with Gasteiger partial charge in [-0.25, -0.2) is 0 Å². The van der Waals surface area contributed by atoms with Crippen LogP contribution in [-0.2, 0) is 9.53 Å². The molecule has 0 unspecified atom stereocenters. The van der Waals surface area contributed by atoms with Crippen molar-refractivity contribution in [3.8, 4) is 0 Å². The van der Waals surface area contributed by atoms with E-state index < -0.39 is 0 Å². The predicted molar refractivity (Wildman–Crippen MR) is 68.8 cm³/mol. The van der Waals surface area contributed by atoms with Crippen LogP contribution in [0.5, 0.6) is 0 Å². The molecule has 0 N–H and O–H groups in total. The van der Waals surface area contributed by atoms with Crippen molar-refractivity contribution in [3.63, 3.8) is 0 Å². The maximum atomic E-state index is 11.5. The molecule has 1 aliphatic rings. The summed E-state index contributed by atoms with van der Waals surface area (Å²) in [5, 5.41) is 0. The van der Waals surface area contributed by atoms with Crippen LogP contribution in [0.1, 0.15) is 26.7 Å². The van der Waals surface area contributed by atoms with Gasteiger partial charge in [-0.3, -0.25) is 4.79 Å². The topological polar surface area (TPSA) is 29.5 Å². The highest BCUT2D eigenvalue weighted by Crippen LogP contribution is 2.18. The molecule has 16 heavy (non-hydrogen) atoms. The number of piperidine rings is 1. The quantitative estimate of drug-likeness (QED) is 0.529. The van der Waals surface area contributed by atoms with Gasteiger partial charge in [-0.2, -0.15) is 11.8 Å². The Morgan fingerprint density at radius 1 is 1.38 bits per heavy atom. The molecule has 0 aliphatic carbocycles. The summed E-state index contributed by atoms with van der Waals surface area (Å²) in [5.41, 5.74) is 0. The zero-order valence-corrected chi connectivity index (χ0v) is 11.2. The lowest BCUT2D eigenvalue weighted by atomic mass is 9.97. The molecule has 0 saturated carbocycles. The van der Waals surface area contributed by atoms with Crippen LogP contribution < -0.4 is 0 Å². The van der Waals surface area contributed by atoms with Crippen LogP contribution >= 0.6 is 11.8 Å².